The van der Waals surface area contributed by atoms with E-state index in [2.05, 4.69) is 22.4 Å². The highest BCUT2D eigenvalue weighted by Crippen LogP contribution is 2.25. The summed E-state index contributed by atoms with van der Waals surface area (Å²) in [5.74, 6) is 1.34. The van der Waals surface area contributed by atoms with Crippen molar-refractivity contribution >= 4 is 15.9 Å². The highest BCUT2D eigenvalue weighted by Gasteiger charge is 2.28. The lowest BCUT2D eigenvalue weighted by molar-refractivity contribution is 0.0913. The minimum atomic E-state index is -3.53. The van der Waals surface area contributed by atoms with Crippen LogP contribution in [0.5, 0.6) is 0 Å². The molecule has 0 bridgehead atoms. The number of furan rings is 1. The second kappa shape index (κ2) is 8.64. The molecule has 1 amide bonds. The number of carbonyl (C=O) groups excluding carboxylic acids is 1. The Kier molecular flexibility index (Phi) is 5.92. The minimum absolute atomic E-state index is 0.134. The topological polar surface area (TPSA) is 119 Å². The fourth-order valence-corrected chi connectivity index (χ4v) is 4.87. The van der Waals surface area contributed by atoms with Crippen molar-refractivity contribution in [3.05, 3.63) is 53.8 Å². The van der Waals surface area contributed by atoms with Crippen LogP contribution in [0.15, 0.2) is 50.1 Å². The van der Waals surface area contributed by atoms with Gasteiger partial charge in [0.25, 0.3) is 0 Å². The van der Waals surface area contributed by atoms with Gasteiger partial charge in [0.1, 0.15) is 11.5 Å². The first-order valence-electron chi connectivity index (χ1n) is 10.1. The molecule has 31 heavy (non-hydrogen) atoms. The number of sulfonamides is 1. The van der Waals surface area contributed by atoms with Gasteiger partial charge in [-0.15, -0.1) is 10.2 Å². The van der Waals surface area contributed by atoms with E-state index in [1.54, 1.807) is 18.2 Å². The summed E-state index contributed by atoms with van der Waals surface area (Å²) in [7, 11) is -3.53. The molecule has 0 spiro atoms. The first-order chi connectivity index (χ1) is 14.8. The zero-order chi connectivity index (χ0) is 22.0. The average molecular weight is 445 g/mol. The highest BCUT2D eigenvalue weighted by molar-refractivity contribution is 7.89. The molecule has 1 aliphatic rings. The quantitative estimate of drug-likeness (QED) is 0.621. The van der Waals surface area contributed by atoms with Gasteiger partial charge in [0, 0.05) is 18.7 Å². The number of nitrogens with one attached hydrogen (secondary N) is 1. The highest BCUT2D eigenvalue weighted by atomic mass is 32.2. The van der Waals surface area contributed by atoms with Crippen LogP contribution in [0, 0.1) is 12.8 Å². The van der Waals surface area contributed by atoms with Crippen molar-refractivity contribution < 1.29 is 22.0 Å². The van der Waals surface area contributed by atoms with E-state index in [-0.39, 0.29) is 23.2 Å². The van der Waals surface area contributed by atoms with Crippen LogP contribution in [0.4, 0.5) is 0 Å². The van der Waals surface area contributed by atoms with Gasteiger partial charge in [-0.25, -0.2) is 8.42 Å². The summed E-state index contributed by atoms with van der Waals surface area (Å²) >= 11 is 0. The van der Waals surface area contributed by atoms with Crippen molar-refractivity contribution in [1.82, 2.24) is 19.8 Å². The molecule has 0 saturated carbocycles. The second-order valence-electron chi connectivity index (χ2n) is 7.72. The Morgan fingerprint density at radius 2 is 1.81 bits per heavy atom. The number of benzene rings is 1. The number of amides is 1. The molecular formula is C21H24N4O5S. The van der Waals surface area contributed by atoms with Gasteiger partial charge in [-0.3, -0.25) is 4.79 Å². The number of rotatable bonds is 6. The van der Waals surface area contributed by atoms with E-state index in [0.717, 1.165) is 18.6 Å². The van der Waals surface area contributed by atoms with Crippen molar-refractivity contribution in [2.45, 2.75) is 38.1 Å². The number of aryl methyl sites for hydroxylation is 1. The largest absolute Gasteiger partial charge is 0.465 e. The van der Waals surface area contributed by atoms with Crippen LogP contribution in [0.3, 0.4) is 0 Å². The molecule has 10 heteroatoms. The number of aromatic nitrogens is 2. The number of hydrogen-bond acceptors (Lipinski definition) is 7. The molecule has 2 aromatic heterocycles. The number of nitrogens with zero attached hydrogens (tertiary/aromatic N) is 3. The second-order valence-corrected chi connectivity index (χ2v) is 9.66. The molecule has 1 saturated heterocycles. The fraction of sp³-hybridized carbons (Fsp3) is 0.381. The fourth-order valence-electron chi connectivity index (χ4n) is 3.40. The third-order valence-corrected chi connectivity index (χ3v) is 7.23. The van der Waals surface area contributed by atoms with Crippen LogP contribution < -0.4 is 5.32 Å². The molecule has 164 valence electrons. The van der Waals surface area contributed by atoms with E-state index < -0.39 is 15.9 Å². The molecule has 4 rings (SSSR count). The molecule has 1 N–H and O–H groups in total. The maximum atomic E-state index is 12.8. The van der Waals surface area contributed by atoms with Crippen molar-refractivity contribution in [3.63, 3.8) is 0 Å². The predicted octanol–water partition coefficient (Wildman–Crippen LogP) is 2.99. The molecule has 3 aromatic rings. The van der Waals surface area contributed by atoms with E-state index in [0.29, 0.717) is 30.3 Å². The van der Waals surface area contributed by atoms with Crippen molar-refractivity contribution in [2.75, 3.05) is 13.1 Å². The zero-order valence-corrected chi connectivity index (χ0v) is 18.2. The van der Waals surface area contributed by atoms with Crippen molar-refractivity contribution in [1.29, 1.82) is 0 Å². The van der Waals surface area contributed by atoms with Gasteiger partial charge in [-0.1, -0.05) is 6.92 Å². The van der Waals surface area contributed by atoms with Gasteiger partial charge >= 0.3 is 11.8 Å². The lowest BCUT2D eigenvalue weighted by Crippen LogP contribution is -2.37. The molecule has 3 heterocycles. The van der Waals surface area contributed by atoms with Crippen LogP contribution >= 0.6 is 0 Å². The Morgan fingerprint density at radius 1 is 1.10 bits per heavy atom. The summed E-state index contributed by atoms with van der Waals surface area (Å²) < 4.78 is 38.1. The lowest BCUT2D eigenvalue weighted by atomic mass is 10.0. The van der Waals surface area contributed by atoms with Crippen molar-refractivity contribution in [3.8, 4) is 11.5 Å². The SMILES string of the molecule is Cc1ccc(CNC(=O)c2nnc(-c3ccc(S(=O)(=O)N4CCC(C)CC4)cc3)o2)o1. The molecule has 1 fully saturated rings. The Bertz CT molecular complexity index is 1160. The van der Waals surface area contributed by atoms with E-state index in [1.165, 1.54) is 16.4 Å². The van der Waals surface area contributed by atoms with Crippen LogP contribution in [-0.2, 0) is 16.6 Å². The Labute approximate surface area is 180 Å². The predicted molar refractivity (Wildman–Crippen MR) is 112 cm³/mol. The van der Waals surface area contributed by atoms with Crippen LogP contribution in [0.2, 0.25) is 0 Å². The summed E-state index contributed by atoms with van der Waals surface area (Å²) in [6.07, 6.45) is 1.73. The first-order valence-corrected chi connectivity index (χ1v) is 11.5. The molecule has 1 aromatic carbocycles. The number of piperidine rings is 1. The van der Waals surface area contributed by atoms with Gasteiger partial charge in [-0.2, -0.15) is 4.31 Å². The molecule has 0 unspecified atom stereocenters. The third-order valence-electron chi connectivity index (χ3n) is 5.32. The average Bonchev–Trinajstić information content (AvgIpc) is 3.42. The maximum Gasteiger partial charge on any atom is 0.309 e. The van der Waals surface area contributed by atoms with Gasteiger partial charge in [0.15, 0.2) is 0 Å². The molecular weight excluding hydrogens is 420 g/mol. The Morgan fingerprint density at radius 3 is 2.45 bits per heavy atom. The van der Waals surface area contributed by atoms with E-state index >= 15 is 0 Å². The Balaban J connectivity index is 1.42. The third kappa shape index (κ3) is 4.70. The standard InChI is InChI=1S/C21H24N4O5S/c1-14-9-11-25(12-10-14)31(27,28)18-7-4-16(5-8-18)20-23-24-21(30-20)19(26)22-13-17-6-3-15(2)29-17/h3-8,14H,9-13H2,1-2H3,(H,22,26). The summed E-state index contributed by atoms with van der Waals surface area (Å²) in [6, 6.07) is 9.81. The smallest absolute Gasteiger partial charge is 0.309 e. The van der Waals surface area contributed by atoms with Crippen LogP contribution in [0.25, 0.3) is 11.5 Å². The molecule has 0 atom stereocenters. The monoisotopic (exact) mass is 444 g/mol. The zero-order valence-electron chi connectivity index (χ0n) is 17.4. The number of hydrogen-bond donors (Lipinski definition) is 1. The summed E-state index contributed by atoms with van der Waals surface area (Å²) in [5, 5.41) is 10.3. The molecule has 1 aliphatic heterocycles. The summed E-state index contributed by atoms with van der Waals surface area (Å²) in [6.45, 7) is 5.22. The summed E-state index contributed by atoms with van der Waals surface area (Å²) in [4.78, 5) is 12.4. The van der Waals surface area contributed by atoms with Gasteiger partial charge < -0.3 is 14.2 Å². The molecule has 0 radical (unpaired) electrons. The maximum absolute atomic E-state index is 12.8. The van der Waals surface area contributed by atoms with Gasteiger partial charge in [0.2, 0.25) is 15.9 Å². The normalized spacial score (nSPS) is 15.8. The molecule has 9 nitrogen and oxygen atoms in total. The lowest BCUT2D eigenvalue weighted by Gasteiger charge is -2.29. The number of carbonyl (C=O) groups is 1. The molecule has 0 aliphatic carbocycles. The van der Waals surface area contributed by atoms with Gasteiger partial charge in [0.05, 0.1) is 11.4 Å². The van der Waals surface area contributed by atoms with Crippen LogP contribution in [-0.4, -0.2) is 41.9 Å². The first kappa shape index (κ1) is 21.3. The summed E-state index contributed by atoms with van der Waals surface area (Å²) in [5.41, 5.74) is 0.527. The minimum Gasteiger partial charge on any atom is -0.465 e. The van der Waals surface area contributed by atoms with E-state index in [9.17, 15) is 13.2 Å². The van der Waals surface area contributed by atoms with Crippen LogP contribution in [0.1, 0.15) is 42.0 Å². The van der Waals surface area contributed by atoms with E-state index in [4.69, 9.17) is 8.83 Å². The van der Waals surface area contributed by atoms with Gasteiger partial charge in [-0.05, 0) is 62.1 Å². The Hall–Kier alpha value is -2.98. The van der Waals surface area contributed by atoms with Crippen molar-refractivity contribution in [2.24, 2.45) is 5.92 Å². The van der Waals surface area contributed by atoms with E-state index in [1.807, 2.05) is 13.0 Å².